The quantitative estimate of drug-likeness (QED) is 0.410. The molecule has 1 saturated carbocycles. The predicted octanol–water partition coefficient (Wildman–Crippen LogP) is 2.63. The molecule has 2 aromatic rings. The molecule has 188 valence electrons. The summed E-state index contributed by atoms with van der Waals surface area (Å²) in [6.07, 6.45) is 1.05. The molecule has 0 saturated heterocycles. The number of aromatic nitrogens is 2. The van der Waals surface area contributed by atoms with Crippen LogP contribution in [0, 0.1) is 5.82 Å². The standard InChI is InChI=1S/C25H34FN3O5.Na.H/c1-15(2)23-21(12-11-19(30)13-20(31)14-22(32)33)29(18-9-7-16(26)8-10-18)27-24(23)25(34)28(3)17-5-4-6-17;;/h7-10,15,17,19-20,30-31H,4-6,11-14H2,1-3H3,(H,32,33);;/t19-,20-;;/m1../s1. The number of halogens is 1. The third-order valence-electron chi connectivity index (χ3n) is 6.48. The molecule has 8 nitrogen and oxygen atoms in total. The van der Waals surface area contributed by atoms with Crippen LogP contribution in [0.25, 0.3) is 5.69 Å². The van der Waals surface area contributed by atoms with Crippen molar-refractivity contribution in [2.75, 3.05) is 7.05 Å². The molecule has 1 aliphatic rings. The topological polar surface area (TPSA) is 116 Å². The summed E-state index contributed by atoms with van der Waals surface area (Å²) in [5.74, 6) is -1.71. The van der Waals surface area contributed by atoms with Gasteiger partial charge in [0.15, 0.2) is 5.69 Å². The molecule has 1 amide bonds. The molecule has 1 aromatic carbocycles. The van der Waals surface area contributed by atoms with Gasteiger partial charge in [0, 0.05) is 24.3 Å². The average Bonchev–Trinajstić information content (AvgIpc) is 3.10. The number of aliphatic hydroxyl groups is 2. The molecule has 1 aliphatic carbocycles. The van der Waals surface area contributed by atoms with Crippen molar-refractivity contribution in [3.8, 4) is 5.69 Å². The number of carboxylic acid groups (broad SMARTS) is 1. The second kappa shape index (κ2) is 13.0. The number of nitrogens with zero attached hydrogens (tertiary/aromatic N) is 3. The maximum absolute atomic E-state index is 13.6. The van der Waals surface area contributed by atoms with E-state index in [9.17, 15) is 24.2 Å². The molecule has 0 aliphatic heterocycles. The van der Waals surface area contributed by atoms with E-state index in [1.54, 1.807) is 28.8 Å². The van der Waals surface area contributed by atoms with Gasteiger partial charge >= 0.3 is 35.5 Å². The number of hydrogen-bond donors (Lipinski definition) is 3. The summed E-state index contributed by atoms with van der Waals surface area (Å²) >= 11 is 0. The van der Waals surface area contributed by atoms with Gasteiger partial charge in [0.2, 0.25) is 0 Å². The number of benzene rings is 1. The van der Waals surface area contributed by atoms with Crippen molar-refractivity contribution < 1.29 is 29.3 Å². The average molecular weight is 500 g/mol. The predicted molar refractivity (Wildman–Crippen MR) is 132 cm³/mol. The van der Waals surface area contributed by atoms with Crippen molar-refractivity contribution in [1.82, 2.24) is 14.7 Å². The van der Waals surface area contributed by atoms with Gasteiger partial charge in [-0.05, 0) is 68.7 Å². The van der Waals surface area contributed by atoms with Crippen LogP contribution < -0.4 is 0 Å². The summed E-state index contributed by atoms with van der Waals surface area (Å²) < 4.78 is 15.2. The van der Waals surface area contributed by atoms with E-state index in [4.69, 9.17) is 5.11 Å². The number of amides is 1. The molecular formula is C25H35FN3NaO5. The van der Waals surface area contributed by atoms with Gasteiger partial charge < -0.3 is 20.2 Å². The van der Waals surface area contributed by atoms with Crippen molar-refractivity contribution in [2.24, 2.45) is 0 Å². The van der Waals surface area contributed by atoms with Crippen molar-refractivity contribution in [2.45, 2.75) is 83.0 Å². The molecule has 1 fully saturated rings. The number of aliphatic carboxylic acids is 1. The normalized spacial score (nSPS) is 15.3. The fraction of sp³-hybridized carbons (Fsp3) is 0.560. The molecule has 3 N–H and O–H groups in total. The first-order valence-electron chi connectivity index (χ1n) is 11.8. The Morgan fingerprint density at radius 1 is 1.17 bits per heavy atom. The Balaban J connectivity index is 0.00000432. The zero-order chi connectivity index (χ0) is 25.0. The molecule has 35 heavy (non-hydrogen) atoms. The van der Waals surface area contributed by atoms with Crippen LogP contribution >= 0.6 is 0 Å². The minimum atomic E-state index is -1.15. The maximum atomic E-state index is 13.6. The first-order valence-corrected chi connectivity index (χ1v) is 11.8. The van der Waals surface area contributed by atoms with E-state index in [1.165, 1.54) is 12.1 Å². The van der Waals surface area contributed by atoms with Crippen molar-refractivity contribution >= 4 is 41.4 Å². The van der Waals surface area contributed by atoms with E-state index in [0.717, 1.165) is 30.5 Å². The Morgan fingerprint density at radius 3 is 2.31 bits per heavy atom. The molecule has 0 spiro atoms. The summed E-state index contributed by atoms with van der Waals surface area (Å²) in [7, 11) is 1.79. The molecule has 3 rings (SSSR count). The summed E-state index contributed by atoms with van der Waals surface area (Å²) in [6.45, 7) is 3.95. The fourth-order valence-corrected chi connectivity index (χ4v) is 4.39. The van der Waals surface area contributed by atoms with Crippen LogP contribution in [-0.2, 0) is 11.2 Å². The molecule has 10 heteroatoms. The minimum absolute atomic E-state index is 0. The van der Waals surface area contributed by atoms with Crippen LogP contribution in [-0.4, -0.2) is 96.7 Å². The zero-order valence-corrected chi connectivity index (χ0v) is 19.9. The Labute approximate surface area is 227 Å². The van der Waals surface area contributed by atoms with E-state index < -0.39 is 24.6 Å². The Kier molecular flexibility index (Phi) is 10.9. The van der Waals surface area contributed by atoms with Gasteiger partial charge in [-0.3, -0.25) is 9.59 Å². The molecule has 0 bridgehead atoms. The summed E-state index contributed by atoms with van der Waals surface area (Å²) in [6, 6.07) is 6.04. The van der Waals surface area contributed by atoms with Gasteiger partial charge in [-0.15, -0.1) is 0 Å². The fourth-order valence-electron chi connectivity index (χ4n) is 4.39. The van der Waals surface area contributed by atoms with E-state index in [1.807, 2.05) is 13.8 Å². The first-order chi connectivity index (χ1) is 16.1. The summed E-state index contributed by atoms with van der Waals surface area (Å²) in [4.78, 5) is 25.9. The second-order valence-electron chi connectivity index (χ2n) is 9.43. The van der Waals surface area contributed by atoms with Crippen LogP contribution in [0.5, 0.6) is 0 Å². The summed E-state index contributed by atoms with van der Waals surface area (Å²) in [5.41, 5.74) is 2.46. The zero-order valence-electron chi connectivity index (χ0n) is 19.9. The first kappa shape index (κ1) is 29.5. The Bertz CT molecular complexity index is 1010. The molecule has 2 atom stereocenters. The molecule has 0 radical (unpaired) electrons. The van der Waals surface area contributed by atoms with E-state index in [2.05, 4.69) is 5.10 Å². The van der Waals surface area contributed by atoms with Gasteiger partial charge in [0.05, 0.1) is 24.3 Å². The Hall–Kier alpha value is -1.78. The van der Waals surface area contributed by atoms with E-state index in [0.29, 0.717) is 17.8 Å². The number of rotatable bonds is 11. The summed E-state index contributed by atoms with van der Waals surface area (Å²) in [5, 5.41) is 33.8. The SMILES string of the molecule is CC(C)c1c(C(=O)N(C)C2CCC2)nn(-c2ccc(F)cc2)c1CC[C@@H](O)C[C@@H](O)CC(=O)O.[NaH]. The van der Waals surface area contributed by atoms with Crippen molar-refractivity contribution in [3.63, 3.8) is 0 Å². The van der Waals surface area contributed by atoms with Gasteiger partial charge in [0.1, 0.15) is 5.82 Å². The molecule has 1 aromatic heterocycles. The van der Waals surface area contributed by atoms with Crippen LogP contribution in [0.15, 0.2) is 24.3 Å². The van der Waals surface area contributed by atoms with Gasteiger partial charge in [-0.1, -0.05) is 13.8 Å². The van der Waals surface area contributed by atoms with E-state index in [-0.39, 0.29) is 66.1 Å². The van der Waals surface area contributed by atoms with Crippen LogP contribution in [0.2, 0.25) is 0 Å². The van der Waals surface area contributed by atoms with Gasteiger partial charge in [0.25, 0.3) is 5.91 Å². The number of aliphatic hydroxyl groups excluding tert-OH is 2. The van der Waals surface area contributed by atoms with E-state index >= 15 is 0 Å². The second-order valence-corrected chi connectivity index (χ2v) is 9.43. The number of carboxylic acids is 1. The van der Waals surface area contributed by atoms with Gasteiger partial charge in [-0.25, -0.2) is 9.07 Å². The Morgan fingerprint density at radius 2 is 1.80 bits per heavy atom. The number of hydrogen-bond acceptors (Lipinski definition) is 5. The van der Waals surface area contributed by atoms with Crippen molar-refractivity contribution in [3.05, 3.63) is 47.0 Å². The molecule has 1 heterocycles. The third-order valence-corrected chi connectivity index (χ3v) is 6.48. The molecular weight excluding hydrogens is 464 g/mol. The number of carbonyl (C=O) groups excluding carboxylic acids is 1. The molecule has 0 unspecified atom stereocenters. The van der Waals surface area contributed by atoms with Crippen LogP contribution in [0.1, 0.15) is 80.0 Å². The van der Waals surface area contributed by atoms with Crippen LogP contribution in [0.4, 0.5) is 4.39 Å². The monoisotopic (exact) mass is 499 g/mol. The van der Waals surface area contributed by atoms with Gasteiger partial charge in [-0.2, -0.15) is 5.10 Å². The third kappa shape index (κ3) is 7.36. The van der Waals surface area contributed by atoms with Crippen molar-refractivity contribution in [1.29, 1.82) is 0 Å². The van der Waals surface area contributed by atoms with Crippen LogP contribution in [0.3, 0.4) is 0 Å². The number of carbonyl (C=O) groups is 2.